The van der Waals surface area contributed by atoms with E-state index in [-0.39, 0.29) is 6.04 Å². The highest BCUT2D eigenvalue weighted by Gasteiger charge is 2.42. The fourth-order valence-corrected chi connectivity index (χ4v) is 4.86. The average molecular weight is 518 g/mol. The number of halogens is 3. The van der Waals surface area contributed by atoms with Crippen LogP contribution in [-0.2, 0) is 0 Å². The molecule has 0 N–H and O–H groups in total. The second-order valence-electron chi connectivity index (χ2n) is 7.43. The first-order valence-corrected chi connectivity index (χ1v) is 11.6. The van der Waals surface area contributed by atoms with Crippen molar-refractivity contribution in [3.63, 3.8) is 0 Å². The van der Waals surface area contributed by atoms with Gasteiger partial charge in [0.15, 0.2) is 0 Å². The van der Waals surface area contributed by atoms with E-state index < -0.39 is 6.23 Å². The van der Waals surface area contributed by atoms with Crippen molar-refractivity contribution < 1.29 is 9.47 Å². The number of hydrazone groups is 1. The Labute approximate surface area is 199 Å². The van der Waals surface area contributed by atoms with Crippen LogP contribution in [0, 0.1) is 0 Å². The molecule has 0 bridgehead atoms. The second kappa shape index (κ2) is 8.38. The molecule has 3 aromatic carbocycles. The number of fused-ring (bicyclic) bond motifs is 3. The minimum absolute atomic E-state index is 0.0184. The molecule has 5 rings (SSSR count). The van der Waals surface area contributed by atoms with Crippen LogP contribution in [0.2, 0.25) is 10.0 Å². The highest BCUT2D eigenvalue weighted by molar-refractivity contribution is 9.10. The van der Waals surface area contributed by atoms with Crippen LogP contribution in [0.4, 0.5) is 0 Å². The van der Waals surface area contributed by atoms with Crippen molar-refractivity contribution in [1.82, 2.24) is 5.01 Å². The monoisotopic (exact) mass is 516 g/mol. The lowest BCUT2D eigenvalue weighted by Crippen LogP contribution is -2.33. The molecule has 0 saturated carbocycles. The van der Waals surface area contributed by atoms with E-state index in [1.165, 1.54) is 0 Å². The summed E-state index contributed by atoms with van der Waals surface area (Å²) >= 11 is 16.4. The van der Waals surface area contributed by atoms with Crippen LogP contribution >= 0.6 is 39.1 Å². The maximum atomic E-state index is 6.54. The van der Waals surface area contributed by atoms with Crippen molar-refractivity contribution in [2.45, 2.75) is 25.6 Å². The van der Waals surface area contributed by atoms with Gasteiger partial charge < -0.3 is 9.47 Å². The molecule has 0 aliphatic carbocycles. The maximum Gasteiger partial charge on any atom is 0.213 e. The van der Waals surface area contributed by atoms with Crippen LogP contribution in [0.5, 0.6) is 11.5 Å². The van der Waals surface area contributed by atoms with Crippen molar-refractivity contribution in [3.8, 4) is 11.5 Å². The SMILES string of the molecule is CCOc1ccc([C@@H]2Oc3c(Cl)cc(Cl)cc3[C@H]3CC(c4ccc(Br)cc4)=NN32)cc1. The Kier molecular flexibility index (Phi) is 5.59. The Bertz CT molecular complexity index is 1150. The van der Waals surface area contributed by atoms with Gasteiger partial charge in [-0.15, -0.1) is 0 Å². The molecule has 3 aromatic rings. The number of benzene rings is 3. The van der Waals surface area contributed by atoms with Gasteiger partial charge in [0, 0.05) is 27.0 Å². The average Bonchev–Trinajstić information content (AvgIpc) is 3.20. The lowest BCUT2D eigenvalue weighted by atomic mass is 9.96. The summed E-state index contributed by atoms with van der Waals surface area (Å²) < 4.78 is 13.0. The van der Waals surface area contributed by atoms with Crippen LogP contribution in [0.3, 0.4) is 0 Å². The predicted molar refractivity (Wildman–Crippen MR) is 127 cm³/mol. The van der Waals surface area contributed by atoms with Crippen molar-refractivity contribution in [2.24, 2.45) is 5.10 Å². The van der Waals surface area contributed by atoms with Gasteiger partial charge in [-0.25, -0.2) is 5.01 Å². The summed E-state index contributed by atoms with van der Waals surface area (Å²) in [6.45, 7) is 2.59. The van der Waals surface area contributed by atoms with Crippen LogP contribution < -0.4 is 9.47 Å². The molecule has 2 atom stereocenters. The molecule has 0 saturated heterocycles. The molecule has 4 nitrogen and oxygen atoms in total. The minimum Gasteiger partial charge on any atom is -0.494 e. The van der Waals surface area contributed by atoms with Gasteiger partial charge in [-0.1, -0.05) is 51.3 Å². The molecular weight excluding hydrogens is 499 g/mol. The lowest BCUT2D eigenvalue weighted by molar-refractivity contribution is -0.0189. The topological polar surface area (TPSA) is 34.1 Å². The van der Waals surface area contributed by atoms with Gasteiger partial charge in [-0.3, -0.25) is 0 Å². The Hall–Kier alpha value is -2.21. The van der Waals surface area contributed by atoms with E-state index in [1.54, 1.807) is 6.07 Å². The summed E-state index contributed by atoms with van der Waals surface area (Å²) in [4.78, 5) is 0. The number of rotatable bonds is 4. The smallest absolute Gasteiger partial charge is 0.213 e. The number of hydrogen-bond donors (Lipinski definition) is 0. The summed E-state index contributed by atoms with van der Waals surface area (Å²) in [6, 6.07) is 19.7. The Morgan fingerprint density at radius 2 is 1.84 bits per heavy atom. The third-order valence-corrected chi connectivity index (χ3v) is 6.49. The number of ether oxygens (including phenoxy) is 2. The summed E-state index contributed by atoms with van der Waals surface area (Å²) in [5.74, 6) is 1.49. The third kappa shape index (κ3) is 3.91. The summed E-state index contributed by atoms with van der Waals surface area (Å²) in [7, 11) is 0. The molecule has 31 heavy (non-hydrogen) atoms. The van der Waals surface area contributed by atoms with Gasteiger partial charge in [0.2, 0.25) is 6.23 Å². The first kappa shape index (κ1) is 20.7. The molecule has 7 heteroatoms. The van der Waals surface area contributed by atoms with Gasteiger partial charge in [0.05, 0.1) is 23.4 Å². The van der Waals surface area contributed by atoms with Crippen molar-refractivity contribution >= 4 is 44.8 Å². The maximum absolute atomic E-state index is 6.54. The van der Waals surface area contributed by atoms with E-state index in [4.69, 9.17) is 37.8 Å². The van der Waals surface area contributed by atoms with Gasteiger partial charge in [0.1, 0.15) is 11.5 Å². The van der Waals surface area contributed by atoms with E-state index in [1.807, 2.05) is 54.4 Å². The summed E-state index contributed by atoms with van der Waals surface area (Å²) in [6.07, 6.45) is 0.335. The van der Waals surface area contributed by atoms with Crippen LogP contribution in [0.1, 0.15) is 42.3 Å². The molecule has 0 fully saturated rings. The highest BCUT2D eigenvalue weighted by atomic mass is 79.9. The minimum atomic E-state index is -0.403. The van der Waals surface area contributed by atoms with Gasteiger partial charge in [-0.2, -0.15) is 5.10 Å². The molecule has 0 unspecified atom stereocenters. The third-order valence-electron chi connectivity index (χ3n) is 5.46. The first-order valence-electron chi connectivity index (χ1n) is 10.0. The van der Waals surface area contributed by atoms with Gasteiger partial charge >= 0.3 is 0 Å². The number of hydrogen-bond acceptors (Lipinski definition) is 4. The van der Waals surface area contributed by atoms with Gasteiger partial charge in [-0.05, 0) is 61.0 Å². The molecule has 0 aromatic heterocycles. The molecule has 0 amide bonds. The van der Waals surface area contributed by atoms with E-state index in [2.05, 4.69) is 28.1 Å². The van der Waals surface area contributed by atoms with Crippen molar-refractivity contribution in [3.05, 3.63) is 91.9 Å². The standard InChI is InChI=1S/C24H19BrCl2N2O2/c1-2-30-18-9-5-15(6-10-18)24-29-22(19-11-17(26)12-20(27)23(19)31-24)13-21(28-29)14-3-7-16(25)8-4-14/h3-12,22,24H,2,13H2,1H3/t22-,24+/m1/s1. The predicted octanol–water partition coefficient (Wildman–Crippen LogP) is 7.40. The first-order chi connectivity index (χ1) is 15.0. The second-order valence-corrected chi connectivity index (χ2v) is 9.19. The zero-order chi connectivity index (χ0) is 21.5. The van der Waals surface area contributed by atoms with Crippen molar-refractivity contribution in [1.29, 1.82) is 0 Å². The molecule has 2 heterocycles. The largest absolute Gasteiger partial charge is 0.494 e. The highest BCUT2D eigenvalue weighted by Crippen LogP contribution is 2.50. The molecule has 158 valence electrons. The quantitative estimate of drug-likeness (QED) is 0.361. The molecule has 2 aliphatic heterocycles. The zero-order valence-corrected chi connectivity index (χ0v) is 19.8. The van der Waals surface area contributed by atoms with E-state index in [0.717, 1.165) is 39.0 Å². The summed E-state index contributed by atoms with van der Waals surface area (Å²) in [5.41, 5.74) is 4.01. The Balaban J connectivity index is 1.58. The van der Waals surface area contributed by atoms with Crippen LogP contribution in [0.15, 0.2) is 70.2 Å². The summed E-state index contributed by atoms with van der Waals surface area (Å²) in [5, 5.41) is 8.09. The zero-order valence-electron chi connectivity index (χ0n) is 16.7. The molecule has 2 aliphatic rings. The Morgan fingerprint density at radius 1 is 1.10 bits per heavy atom. The fraction of sp³-hybridized carbons (Fsp3) is 0.208. The van der Waals surface area contributed by atoms with E-state index >= 15 is 0 Å². The van der Waals surface area contributed by atoms with E-state index in [9.17, 15) is 0 Å². The van der Waals surface area contributed by atoms with Gasteiger partial charge in [0.25, 0.3) is 0 Å². The molecular formula is C24H19BrCl2N2O2. The molecule has 0 radical (unpaired) electrons. The molecule has 0 spiro atoms. The number of nitrogens with zero attached hydrogens (tertiary/aromatic N) is 2. The van der Waals surface area contributed by atoms with Crippen molar-refractivity contribution in [2.75, 3.05) is 6.61 Å². The lowest BCUT2D eigenvalue weighted by Gasteiger charge is -2.38. The van der Waals surface area contributed by atoms with Crippen LogP contribution in [-0.4, -0.2) is 17.3 Å². The van der Waals surface area contributed by atoms with Crippen LogP contribution in [0.25, 0.3) is 0 Å². The Morgan fingerprint density at radius 3 is 2.55 bits per heavy atom. The normalized spacial score (nSPS) is 19.4. The van der Waals surface area contributed by atoms with E-state index in [0.29, 0.717) is 22.4 Å². The fourth-order valence-electron chi connectivity index (χ4n) is 4.05.